The molecular formula is C27H34ClN7O5S2. The third kappa shape index (κ3) is 5.78. The standard InChI is InChI=1S/C27H34ClN7O5S2/c1-15-25-21(7-8-33(15)4)32-26(41-25)27(38)35-18(11-22(36)29-2)13-34(14-19(35)12-23(37)30-3)42(39,40)24-10-16-9-17(28)5-6-20(16)31-24/h5-6,9-10,15,18-19,31H,7-8,11-14H2,1-4H3,(H,29,36)(H,30,37). The number of amides is 3. The van der Waals surface area contributed by atoms with Crippen LogP contribution < -0.4 is 10.6 Å². The van der Waals surface area contributed by atoms with Gasteiger partial charge in [0, 0.05) is 79.8 Å². The first-order valence-corrected chi connectivity index (χ1v) is 16.3. The smallest absolute Gasteiger partial charge is 0.283 e. The van der Waals surface area contributed by atoms with Gasteiger partial charge in [0.2, 0.25) is 11.8 Å². The predicted octanol–water partition coefficient (Wildman–Crippen LogP) is 1.98. The molecule has 1 fully saturated rings. The first-order chi connectivity index (χ1) is 19.9. The van der Waals surface area contributed by atoms with Crippen molar-refractivity contribution in [1.29, 1.82) is 0 Å². The minimum Gasteiger partial charge on any atom is -0.359 e. The molecule has 0 bridgehead atoms. The van der Waals surface area contributed by atoms with Crippen LogP contribution in [0.1, 0.15) is 46.2 Å². The van der Waals surface area contributed by atoms with Gasteiger partial charge in [-0.05, 0) is 38.2 Å². The van der Waals surface area contributed by atoms with Crippen LogP contribution in [0.15, 0.2) is 29.3 Å². The normalized spacial score (nSPS) is 21.7. The van der Waals surface area contributed by atoms with E-state index in [0.29, 0.717) is 22.3 Å². The van der Waals surface area contributed by atoms with E-state index in [9.17, 15) is 22.8 Å². The second-order valence-corrected chi connectivity index (χ2v) is 14.1. The third-order valence-corrected chi connectivity index (χ3v) is 11.3. The second kappa shape index (κ2) is 11.9. The van der Waals surface area contributed by atoms with E-state index in [4.69, 9.17) is 11.6 Å². The number of hydrogen-bond acceptors (Lipinski definition) is 8. The maximum Gasteiger partial charge on any atom is 0.283 e. The van der Waals surface area contributed by atoms with Crippen LogP contribution in [0.2, 0.25) is 5.02 Å². The fourth-order valence-electron chi connectivity index (χ4n) is 5.61. The summed E-state index contributed by atoms with van der Waals surface area (Å²) in [6.07, 6.45) is 0.418. The van der Waals surface area contributed by atoms with E-state index in [1.165, 1.54) is 40.7 Å². The number of nitrogens with zero attached hydrogens (tertiary/aromatic N) is 4. The van der Waals surface area contributed by atoms with Gasteiger partial charge in [-0.25, -0.2) is 13.4 Å². The number of rotatable bonds is 7. The van der Waals surface area contributed by atoms with Crippen molar-refractivity contribution in [3.05, 3.63) is 44.9 Å². The highest BCUT2D eigenvalue weighted by atomic mass is 35.5. The number of H-pyrrole nitrogens is 1. The number of sulfonamides is 1. The predicted molar refractivity (Wildman–Crippen MR) is 160 cm³/mol. The molecule has 1 aromatic carbocycles. The first kappa shape index (κ1) is 30.4. The maximum absolute atomic E-state index is 14.2. The molecule has 4 heterocycles. The minimum atomic E-state index is -4.10. The van der Waals surface area contributed by atoms with Crippen molar-refractivity contribution in [3.8, 4) is 0 Å². The number of carbonyl (C=O) groups excluding carboxylic acids is 3. The average Bonchev–Trinajstić information content (AvgIpc) is 3.59. The van der Waals surface area contributed by atoms with Crippen molar-refractivity contribution in [2.75, 3.05) is 40.8 Å². The number of aromatic amines is 1. The Hall–Kier alpha value is -3.04. The molecule has 0 saturated carbocycles. The van der Waals surface area contributed by atoms with E-state index in [0.717, 1.165) is 17.1 Å². The van der Waals surface area contributed by atoms with Gasteiger partial charge in [-0.2, -0.15) is 4.31 Å². The molecule has 2 aliphatic rings. The van der Waals surface area contributed by atoms with Crippen molar-refractivity contribution in [1.82, 2.24) is 34.7 Å². The average molecular weight is 636 g/mol. The van der Waals surface area contributed by atoms with Crippen molar-refractivity contribution >= 4 is 61.6 Å². The Kier molecular flexibility index (Phi) is 8.63. The molecule has 5 rings (SSSR count). The molecule has 0 spiro atoms. The van der Waals surface area contributed by atoms with E-state index in [-0.39, 0.29) is 53.8 Å². The number of fused-ring (bicyclic) bond motifs is 2. The summed E-state index contributed by atoms with van der Waals surface area (Å²) in [5.41, 5.74) is 1.48. The molecule has 2 aliphatic heterocycles. The fourth-order valence-corrected chi connectivity index (χ4v) is 8.49. The van der Waals surface area contributed by atoms with Crippen LogP contribution in [-0.4, -0.2) is 103 Å². The third-order valence-electron chi connectivity index (χ3n) is 8.08. The van der Waals surface area contributed by atoms with Crippen molar-refractivity contribution in [2.24, 2.45) is 0 Å². The van der Waals surface area contributed by atoms with Gasteiger partial charge in [0.15, 0.2) is 5.01 Å². The van der Waals surface area contributed by atoms with Crippen LogP contribution in [0.4, 0.5) is 0 Å². The van der Waals surface area contributed by atoms with Gasteiger partial charge in [0.1, 0.15) is 5.03 Å². The highest BCUT2D eigenvalue weighted by Crippen LogP contribution is 2.35. The van der Waals surface area contributed by atoms with Gasteiger partial charge < -0.3 is 20.5 Å². The van der Waals surface area contributed by atoms with Gasteiger partial charge in [-0.1, -0.05) is 11.6 Å². The first-order valence-electron chi connectivity index (χ1n) is 13.6. The largest absolute Gasteiger partial charge is 0.359 e. The van der Waals surface area contributed by atoms with Crippen LogP contribution in [0.3, 0.4) is 0 Å². The SMILES string of the molecule is CNC(=O)CC1CN(S(=O)(=O)c2cc3cc(Cl)ccc3[nH]2)CC(CC(=O)NC)N1C(=O)c1nc2c(s1)C(C)N(C)CC2. The number of benzene rings is 1. The Bertz CT molecular complexity index is 1610. The van der Waals surface area contributed by atoms with E-state index in [1.54, 1.807) is 18.2 Å². The van der Waals surface area contributed by atoms with Crippen LogP contribution in [0.5, 0.6) is 0 Å². The summed E-state index contributed by atoms with van der Waals surface area (Å²) in [5, 5.41) is 6.49. The molecule has 3 unspecified atom stereocenters. The van der Waals surface area contributed by atoms with Gasteiger partial charge in [0.25, 0.3) is 15.9 Å². The minimum absolute atomic E-state index is 0.0392. The lowest BCUT2D eigenvalue weighted by Crippen LogP contribution is -2.63. The zero-order chi connectivity index (χ0) is 30.3. The molecule has 226 valence electrons. The Labute approximate surface area is 253 Å². The Morgan fingerprint density at radius 2 is 1.74 bits per heavy atom. The highest BCUT2D eigenvalue weighted by molar-refractivity contribution is 7.89. The van der Waals surface area contributed by atoms with E-state index in [1.807, 2.05) is 7.05 Å². The van der Waals surface area contributed by atoms with Crippen molar-refractivity contribution < 1.29 is 22.8 Å². The Balaban J connectivity index is 1.53. The Morgan fingerprint density at radius 3 is 2.36 bits per heavy atom. The van der Waals surface area contributed by atoms with Gasteiger partial charge in [0.05, 0.1) is 17.8 Å². The number of hydrogen-bond donors (Lipinski definition) is 3. The zero-order valence-corrected chi connectivity index (χ0v) is 26.2. The molecule has 15 heteroatoms. The molecule has 3 amide bonds. The summed E-state index contributed by atoms with van der Waals surface area (Å²) in [6, 6.07) is 4.96. The second-order valence-electron chi connectivity index (χ2n) is 10.7. The summed E-state index contributed by atoms with van der Waals surface area (Å²) in [5.74, 6) is -1.13. The molecule has 0 radical (unpaired) electrons. The monoisotopic (exact) mass is 635 g/mol. The highest BCUT2D eigenvalue weighted by Gasteiger charge is 2.45. The molecule has 3 N–H and O–H groups in total. The molecular weight excluding hydrogens is 602 g/mol. The number of likely N-dealkylation sites (N-methyl/N-ethyl adjacent to an activating group) is 1. The zero-order valence-electron chi connectivity index (χ0n) is 23.8. The van der Waals surface area contributed by atoms with Crippen molar-refractivity contribution in [2.45, 2.75) is 49.3 Å². The summed E-state index contributed by atoms with van der Waals surface area (Å²) >= 11 is 7.42. The lowest BCUT2D eigenvalue weighted by molar-refractivity contribution is -0.123. The van der Waals surface area contributed by atoms with Crippen molar-refractivity contribution in [3.63, 3.8) is 0 Å². The number of thiazole rings is 1. The molecule has 3 atom stereocenters. The van der Waals surface area contributed by atoms with Crippen LogP contribution in [0.25, 0.3) is 10.9 Å². The summed E-state index contributed by atoms with van der Waals surface area (Å²) < 4.78 is 29.1. The van der Waals surface area contributed by atoms with Crippen LogP contribution in [0, 0.1) is 0 Å². The molecule has 1 saturated heterocycles. The lowest BCUT2D eigenvalue weighted by atomic mass is 10.0. The number of carbonyl (C=O) groups is 3. The van der Waals surface area contributed by atoms with Gasteiger partial charge in [-0.15, -0.1) is 11.3 Å². The van der Waals surface area contributed by atoms with E-state index in [2.05, 4.69) is 32.4 Å². The summed E-state index contributed by atoms with van der Waals surface area (Å²) in [7, 11) is 0.885. The van der Waals surface area contributed by atoms with Crippen LogP contribution in [-0.2, 0) is 26.0 Å². The Morgan fingerprint density at radius 1 is 1.10 bits per heavy atom. The number of halogens is 1. The molecule has 12 nitrogen and oxygen atoms in total. The van der Waals surface area contributed by atoms with Crippen LogP contribution >= 0.6 is 22.9 Å². The van der Waals surface area contributed by atoms with E-state index < -0.39 is 28.0 Å². The number of aromatic nitrogens is 2. The summed E-state index contributed by atoms with van der Waals surface area (Å²) in [4.78, 5) is 51.8. The fraction of sp³-hybridized carbons (Fsp3) is 0.481. The van der Waals surface area contributed by atoms with Gasteiger partial charge >= 0.3 is 0 Å². The van der Waals surface area contributed by atoms with Gasteiger partial charge in [-0.3, -0.25) is 19.3 Å². The molecule has 3 aromatic rings. The molecule has 42 heavy (non-hydrogen) atoms. The van der Waals surface area contributed by atoms with E-state index >= 15 is 0 Å². The summed E-state index contributed by atoms with van der Waals surface area (Å²) in [6.45, 7) is 2.62. The maximum atomic E-state index is 14.2. The lowest BCUT2D eigenvalue weighted by Gasteiger charge is -2.45. The number of nitrogens with one attached hydrogen (secondary N) is 3. The number of piperazine rings is 1. The quantitative estimate of drug-likeness (QED) is 0.360. The topological polar surface area (TPSA) is 148 Å². The molecule has 0 aliphatic carbocycles. The molecule has 2 aromatic heterocycles.